The van der Waals surface area contributed by atoms with E-state index < -0.39 is 0 Å². The summed E-state index contributed by atoms with van der Waals surface area (Å²) in [6.07, 6.45) is 5.98. The number of rotatable bonds is 4. The Morgan fingerprint density at radius 1 is 1.33 bits per heavy atom. The summed E-state index contributed by atoms with van der Waals surface area (Å²) in [6.45, 7) is 4.32. The molecule has 1 aromatic carbocycles. The lowest BCUT2D eigenvalue weighted by Crippen LogP contribution is -2.24. The lowest BCUT2D eigenvalue weighted by atomic mass is 9.81. The van der Waals surface area contributed by atoms with E-state index in [0.717, 1.165) is 28.4 Å². The standard InChI is InChI=1S/C17H22BrClO2/c1-3-21-15(20)11-13-9-12(2)16(14(18)10-13)17(19)7-5-4-6-8-17/h9-10H,3-8,11H2,1-2H3. The highest BCUT2D eigenvalue weighted by Crippen LogP contribution is 2.47. The molecule has 0 aromatic heterocycles. The van der Waals surface area contributed by atoms with E-state index in [2.05, 4.69) is 28.9 Å². The van der Waals surface area contributed by atoms with Gasteiger partial charge in [-0.25, -0.2) is 0 Å². The van der Waals surface area contributed by atoms with E-state index >= 15 is 0 Å². The summed E-state index contributed by atoms with van der Waals surface area (Å²) in [5.41, 5.74) is 3.31. The van der Waals surface area contributed by atoms with Crippen LogP contribution in [0.1, 0.15) is 55.7 Å². The van der Waals surface area contributed by atoms with Crippen LogP contribution in [0.2, 0.25) is 0 Å². The van der Waals surface area contributed by atoms with Crippen LogP contribution in [0, 0.1) is 6.92 Å². The maximum atomic E-state index is 11.6. The zero-order valence-electron chi connectivity index (χ0n) is 12.7. The largest absolute Gasteiger partial charge is 0.466 e. The monoisotopic (exact) mass is 372 g/mol. The predicted molar refractivity (Wildman–Crippen MR) is 89.8 cm³/mol. The molecule has 1 fully saturated rings. The van der Waals surface area contributed by atoms with Gasteiger partial charge in [-0.2, -0.15) is 0 Å². The average Bonchev–Trinajstić information content (AvgIpc) is 2.38. The second kappa shape index (κ2) is 7.15. The molecule has 1 aliphatic rings. The number of ether oxygens (including phenoxy) is 1. The van der Waals surface area contributed by atoms with Gasteiger partial charge in [0.2, 0.25) is 0 Å². The van der Waals surface area contributed by atoms with Gasteiger partial charge in [-0.1, -0.05) is 41.3 Å². The third-order valence-corrected chi connectivity index (χ3v) is 5.29. The Hall–Kier alpha value is -0.540. The molecule has 0 aliphatic heterocycles. The van der Waals surface area contributed by atoms with Crippen LogP contribution in [-0.2, 0) is 20.8 Å². The first-order valence-electron chi connectivity index (χ1n) is 7.60. The number of alkyl halides is 1. The molecular formula is C17H22BrClO2. The molecule has 0 saturated heterocycles. The number of carbonyl (C=O) groups excluding carboxylic acids is 1. The number of benzene rings is 1. The van der Waals surface area contributed by atoms with Gasteiger partial charge in [0.05, 0.1) is 17.9 Å². The first-order chi connectivity index (χ1) is 9.96. The summed E-state index contributed by atoms with van der Waals surface area (Å²) < 4.78 is 6.02. The summed E-state index contributed by atoms with van der Waals surface area (Å²) in [7, 11) is 0. The van der Waals surface area contributed by atoms with E-state index in [9.17, 15) is 4.79 Å². The first kappa shape index (κ1) is 16.8. The van der Waals surface area contributed by atoms with Crippen LogP contribution in [-0.4, -0.2) is 12.6 Å². The Morgan fingerprint density at radius 3 is 2.57 bits per heavy atom. The smallest absolute Gasteiger partial charge is 0.310 e. The number of carbonyl (C=O) groups is 1. The molecule has 1 saturated carbocycles. The van der Waals surface area contributed by atoms with Gasteiger partial charge < -0.3 is 4.74 Å². The van der Waals surface area contributed by atoms with Crippen molar-refractivity contribution < 1.29 is 9.53 Å². The second-order valence-corrected chi connectivity index (χ2v) is 7.36. The molecular weight excluding hydrogens is 352 g/mol. The highest BCUT2D eigenvalue weighted by molar-refractivity contribution is 9.10. The number of hydrogen-bond donors (Lipinski definition) is 0. The topological polar surface area (TPSA) is 26.3 Å². The molecule has 0 amide bonds. The van der Waals surface area contributed by atoms with Crippen molar-refractivity contribution in [1.82, 2.24) is 0 Å². The second-order valence-electron chi connectivity index (χ2n) is 5.78. The summed E-state index contributed by atoms with van der Waals surface area (Å²) in [5, 5.41) is 0. The SMILES string of the molecule is CCOC(=O)Cc1cc(C)c(C2(Cl)CCCCC2)c(Br)c1. The van der Waals surface area contributed by atoms with Crippen LogP contribution < -0.4 is 0 Å². The number of halogens is 2. The molecule has 1 aromatic rings. The minimum Gasteiger partial charge on any atom is -0.466 e. The van der Waals surface area contributed by atoms with Gasteiger partial charge >= 0.3 is 5.97 Å². The van der Waals surface area contributed by atoms with Gasteiger partial charge in [0.1, 0.15) is 0 Å². The van der Waals surface area contributed by atoms with Crippen molar-refractivity contribution in [1.29, 1.82) is 0 Å². The molecule has 0 bridgehead atoms. The van der Waals surface area contributed by atoms with Gasteiger partial charge in [-0.15, -0.1) is 11.6 Å². The molecule has 2 nitrogen and oxygen atoms in total. The molecule has 0 atom stereocenters. The van der Waals surface area contributed by atoms with Crippen LogP contribution in [0.4, 0.5) is 0 Å². The number of esters is 1. The fraction of sp³-hybridized carbons (Fsp3) is 0.588. The molecule has 1 aliphatic carbocycles. The Morgan fingerprint density at radius 2 is 2.00 bits per heavy atom. The van der Waals surface area contributed by atoms with Crippen molar-refractivity contribution in [3.8, 4) is 0 Å². The minimum atomic E-state index is -0.260. The summed E-state index contributed by atoms with van der Waals surface area (Å²) in [5.74, 6) is -0.185. The van der Waals surface area contributed by atoms with Crippen molar-refractivity contribution in [2.75, 3.05) is 6.61 Å². The first-order valence-corrected chi connectivity index (χ1v) is 8.77. The molecule has 4 heteroatoms. The van der Waals surface area contributed by atoms with Crippen molar-refractivity contribution in [3.05, 3.63) is 33.3 Å². The molecule has 21 heavy (non-hydrogen) atoms. The Kier molecular flexibility index (Phi) is 5.73. The Labute approximate surface area is 140 Å². The van der Waals surface area contributed by atoms with Gasteiger partial charge in [-0.3, -0.25) is 4.79 Å². The molecule has 0 N–H and O–H groups in total. The highest BCUT2D eigenvalue weighted by atomic mass is 79.9. The van der Waals surface area contributed by atoms with E-state index in [-0.39, 0.29) is 10.8 Å². The molecule has 0 unspecified atom stereocenters. The number of hydrogen-bond acceptors (Lipinski definition) is 2. The van der Waals surface area contributed by atoms with Crippen molar-refractivity contribution in [3.63, 3.8) is 0 Å². The van der Waals surface area contributed by atoms with Crippen LogP contribution in [0.3, 0.4) is 0 Å². The van der Waals surface area contributed by atoms with Crippen LogP contribution >= 0.6 is 27.5 Å². The minimum absolute atomic E-state index is 0.185. The zero-order chi connectivity index (χ0) is 15.5. The average molecular weight is 374 g/mol. The van der Waals surface area contributed by atoms with Gasteiger partial charge in [0.25, 0.3) is 0 Å². The third-order valence-electron chi connectivity index (χ3n) is 4.10. The molecule has 0 spiro atoms. The molecule has 0 radical (unpaired) electrons. The molecule has 0 heterocycles. The van der Waals surface area contributed by atoms with Crippen molar-refractivity contribution >= 4 is 33.5 Å². The Balaban J connectivity index is 2.27. The number of aryl methyl sites for hydroxylation is 1. The van der Waals surface area contributed by atoms with E-state index in [1.54, 1.807) is 0 Å². The molecule has 116 valence electrons. The maximum Gasteiger partial charge on any atom is 0.310 e. The van der Waals surface area contributed by atoms with Crippen molar-refractivity contribution in [2.24, 2.45) is 0 Å². The third kappa shape index (κ3) is 4.01. The Bertz CT molecular complexity index is 499. The van der Waals surface area contributed by atoms with Gasteiger partial charge in [-0.05, 0) is 49.4 Å². The lowest BCUT2D eigenvalue weighted by molar-refractivity contribution is -0.142. The van der Waals surface area contributed by atoms with Crippen molar-refractivity contribution in [2.45, 2.75) is 57.2 Å². The summed E-state index contributed by atoms with van der Waals surface area (Å²) >= 11 is 10.6. The molecule has 2 rings (SSSR count). The van der Waals surface area contributed by atoms with E-state index in [4.69, 9.17) is 16.3 Å². The quantitative estimate of drug-likeness (QED) is 0.531. The van der Waals surface area contributed by atoms with Crippen LogP contribution in [0.15, 0.2) is 16.6 Å². The fourth-order valence-corrected chi connectivity index (χ4v) is 4.84. The lowest BCUT2D eigenvalue weighted by Gasteiger charge is -2.34. The zero-order valence-corrected chi connectivity index (χ0v) is 15.0. The van der Waals surface area contributed by atoms with E-state index in [1.807, 2.05) is 13.0 Å². The summed E-state index contributed by atoms with van der Waals surface area (Å²) in [6, 6.07) is 4.08. The van der Waals surface area contributed by atoms with Gasteiger partial charge in [0, 0.05) is 4.47 Å². The van der Waals surface area contributed by atoms with E-state index in [0.29, 0.717) is 13.0 Å². The van der Waals surface area contributed by atoms with Gasteiger partial charge in [0.15, 0.2) is 0 Å². The fourth-order valence-electron chi connectivity index (χ4n) is 3.23. The maximum absolute atomic E-state index is 11.6. The highest BCUT2D eigenvalue weighted by Gasteiger charge is 2.34. The normalized spacial score (nSPS) is 17.5. The van der Waals surface area contributed by atoms with E-state index in [1.165, 1.54) is 24.8 Å². The van der Waals surface area contributed by atoms with Crippen LogP contribution in [0.5, 0.6) is 0 Å². The summed E-state index contributed by atoms with van der Waals surface area (Å²) in [4.78, 5) is 11.4. The van der Waals surface area contributed by atoms with Crippen LogP contribution in [0.25, 0.3) is 0 Å². The predicted octanol–water partition coefficient (Wildman–Crippen LogP) is 5.26.